The Morgan fingerprint density at radius 2 is 1.94 bits per heavy atom. The highest BCUT2D eigenvalue weighted by Crippen LogP contribution is 2.26. The Labute approximate surface area is 127 Å². The normalized spacial score (nSPS) is 17.4. The number of hydrogen-bond acceptors (Lipinski definition) is 2. The fourth-order valence-electron chi connectivity index (χ4n) is 2.41. The van der Waals surface area contributed by atoms with Gasteiger partial charge in [0, 0.05) is 37.2 Å². The fraction of sp³-hybridized carbons (Fsp3) is 0.538. The third kappa shape index (κ3) is 4.60. The number of nitrogens with zero attached hydrogens (tertiary/aromatic N) is 1. The maximum absolute atomic E-state index is 6.05. The van der Waals surface area contributed by atoms with Gasteiger partial charge in [0.1, 0.15) is 0 Å². The summed E-state index contributed by atoms with van der Waals surface area (Å²) in [6, 6.07) is 8.78. The predicted octanol–water partition coefficient (Wildman–Crippen LogP) is 3.54. The molecular weight excluding hydrogens is 291 g/mol. The van der Waals surface area contributed by atoms with E-state index in [1.165, 1.54) is 5.56 Å². The minimum absolute atomic E-state index is 0. The monoisotopic (exact) mass is 310 g/mol. The van der Waals surface area contributed by atoms with Crippen LogP contribution in [0.4, 0.5) is 0 Å². The summed E-state index contributed by atoms with van der Waals surface area (Å²) in [7, 11) is 0. The van der Waals surface area contributed by atoms with Gasteiger partial charge in [-0.15, -0.1) is 24.8 Å². The zero-order valence-electron chi connectivity index (χ0n) is 10.6. The minimum Gasteiger partial charge on any atom is -0.314 e. The molecule has 0 saturated carbocycles. The van der Waals surface area contributed by atoms with Gasteiger partial charge in [0.15, 0.2) is 0 Å². The molecule has 1 aromatic rings. The molecule has 1 fully saturated rings. The Hall–Kier alpha value is 0.01000. The molecule has 104 valence electrons. The molecule has 1 aliphatic rings. The van der Waals surface area contributed by atoms with Gasteiger partial charge < -0.3 is 5.32 Å². The van der Waals surface area contributed by atoms with Gasteiger partial charge in [-0.3, -0.25) is 4.90 Å². The summed E-state index contributed by atoms with van der Waals surface area (Å²) >= 11 is 6.05. The van der Waals surface area contributed by atoms with Crippen LogP contribution in [0.1, 0.15) is 24.9 Å². The molecule has 18 heavy (non-hydrogen) atoms. The van der Waals surface area contributed by atoms with Crippen LogP contribution >= 0.6 is 36.4 Å². The Balaban J connectivity index is 0.00000144. The molecule has 1 heterocycles. The van der Waals surface area contributed by atoms with E-state index in [1.54, 1.807) is 0 Å². The molecule has 0 spiro atoms. The summed E-state index contributed by atoms with van der Waals surface area (Å²) < 4.78 is 0. The maximum Gasteiger partial charge on any atom is 0.0409 e. The summed E-state index contributed by atoms with van der Waals surface area (Å²) in [6.45, 7) is 6.69. The van der Waals surface area contributed by atoms with Crippen LogP contribution in [0.15, 0.2) is 24.3 Å². The van der Waals surface area contributed by atoms with E-state index in [4.69, 9.17) is 11.6 Å². The van der Waals surface area contributed by atoms with E-state index < -0.39 is 0 Å². The first kappa shape index (κ1) is 18.0. The number of halogens is 3. The largest absolute Gasteiger partial charge is 0.314 e. The van der Waals surface area contributed by atoms with E-state index in [9.17, 15) is 0 Å². The first-order valence-corrected chi connectivity index (χ1v) is 6.39. The van der Waals surface area contributed by atoms with E-state index >= 15 is 0 Å². The van der Waals surface area contributed by atoms with Crippen molar-refractivity contribution in [3.8, 4) is 0 Å². The van der Waals surface area contributed by atoms with Crippen molar-refractivity contribution >= 4 is 36.4 Å². The zero-order chi connectivity index (χ0) is 11.4. The van der Waals surface area contributed by atoms with Crippen LogP contribution in [-0.4, -0.2) is 31.1 Å². The molecule has 0 aromatic heterocycles. The van der Waals surface area contributed by atoms with Gasteiger partial charge in [-0.05, 0) is 24.1 Å². The van der Waals surface area contributed by atoms with Gasteiger partial charge in [-0.2, -0.15) is 0 Å². The van der Waals surface area contributed by atoms with E-state index in [0.717, 1.165) is 37.6 Å². The van der Waals surface area contributed by atoms with Crippen molar-refractivity contribution in [1.82, 2.24) is 10.2 Å². The number of hydrogen-bond donors (Lipinski definition) is 1. The summed E-state index contributed by atoms with van der Waals surface area (Å²) in [5, 5.41) is 4.23. The van der Waals surface area contributed by atoms with Crippen LogP contribution in [0.5, 0.6) is 0 Å². The Morgan fingerprint density at radius 3 is 2.50 bits per heavy atom. The average Bonchev–Trinajstić information content (AvgIpc) is 2.31. The van der Waals surface area contributed by atoms with E-state index in [-0.39, 0.29) is 24.8 Å². The molecule has 1 aliphatic heterocycles. The molecule has 1 N–H and O–H groups in total. The highest BCUT2D eigenvalue weighted by Gasteiger charge is 2.20. The molecule has 5 heteroatoms. The Kier molecular flexibility index (Phi) is 9.01. The van der Waals surface area contributed by atoms with Crippen molar-refractivity contribution in [2.24, 2.45) is 0 Å². The van der Waals surface area contributed by atoms with Crippen molar-refractivity contribution in [2.75, 3.05) is 26.2 Å². The third-order valence-corrected chi connectivity index (χ3v) is 3.45. The van der Waals surface area contributed by atoms with E-state index in [0.29, 0.717) is 6.04 Å². The van der Waals surface area contributed by atoms with Crippen LogP contribution in [0.25, 0.3) is 0 Å². The van der Waals surface area contributed by atoms with Gasteiger partial charge >= 0.3 is 0 Å². The number of benzene rings is 1. The van der Waals surface area contributed by atoms with Crippen LogP contribution in [0.2, 0.25) is 5.02 Å². The molecule has 0 unspecified atom stereocenters. The van der Waals surface area contributed by atoms with Crippen molar-refractivity contribution in [3.63, 3.8) is 0 Å². The molecule has 1 aromatic carbocycles. The average molecular weight is 312 g/mol. The lowest BCUT2D eigenvalue weighted by Gasteiger charge is -2.34. The molecule has 0 aliphatic carbocycles. The summed E-state index contributed by atoms with van der Waals surface area (Å²) in [6.07, 6.45) is 1.14. The molecule has 1 atom stereocenters. The second-order valence-electron chi connectivity index (χ2n) is 4.27. The first-order chi connectivity index (χ1) is 7.81. The van der Waals surface area contributed by atoms with Crippen LogP contribution in [0.3, 0.4) is 0 Å². The molecule has 1 saturated heterocycles. The summed E-state index contributed by atoms with van der Waals surface area (Å²) in [4.78, 5) is 2.54. The third-order valence-electron chi connectivity index (χ3n) is 3.21. The lowest BCUT2D eigenvalue weighted by Crippen LogP contribution is -2.45. The molecule has 2 nitrogen and oxygen atoms in total. The standard InChI is InChI=1S/C13H19ClN2.2ClH/c1-2-13(16-8-6-15-7-9-16)11-4-3-5-12(14)10-11;;/h3-5,10,13,15H,2,6-9H2,1H3;2*1H/t13-;;/m0../s1. The maximum atomic E-state index is 6.05. The lowest BCUT2D eigenvalue weighted by atomic mass is 10.0. The topological polar surface area (TPSA) is 15.3 Å². The van der Waals surface area contributed by atoms with E-state index in [1.807, 2.05) is 12.1 Å². The Bertz CT molecular complexity index is 341. The second kappa shape index (κ2) is 9.00. The number of rotatable bonds is 3. The summed E-state index contributed by atoms with van der Waals surface area (Å²) in [5.41, 5.74) is 1.34. The quantitative estimate of drug-likeness (QED) is 0.918. The van der Waals surface area contributed by atoms with Gasteiger partial charge in [-0.25, -0.2) is 0 Å². The molecule has 0 bridgehead atoms. The minimum atomic E-state index is 0. The molecular formula is C13H21Cl3N2. The van der Waals surface area contributed by atoms with Gasteiger partial charge in [-0.1, -0.05) is 30.7 Å². The second-order valence-corrected chi connectivity index (χ2v) is 4.70. The van der Waals surface area contributed by atoms with Crippen LogP contribution in [-0.2, 0) is 0 Å². The highest BCUT2D eigenvalue weighted by atomic mass is 35.5. The smallest absolute Gasteiger partial charge is 0.0409 e. The highest BCUT2D eigenvalue weighted by molar-refractivity contribution is 6.30. The van der Waals surface area contributed by atoms with Gasteiger partial charge in [0.2, 0.25) is 0 Å². The predicted molar refractivity (Wildman–Crippen MR) is 83.4 cm³/mol. The van der Waals surface area contributed by atoms with Crippen LogP contribution in [0, 0.1) is 0 Å². The molecule has 0 amide bonds. The van der Waals surface area contributed by atoms with Crippen molar-refractivity contribution in [1.29, 1.82) is 0 Å². The fourth-order valence-corrected chi connectivity index (χ4v) is 2.61. The number of piperazine rings is 1. The van der Waals surface area contributed by atoms with Crippen molar-refractivity contribution < 1.29 is 0 Å². The number of nitrogens with one attached hydrogen (secondary N) is 1. The van der Waals surface area contributed by atoms with E-state index in [2.05, 4.69) is 29.3 Å². The zero-order valence-corrected chi connectivity index (χ0v) is 13.0. The van der Waals surface area contributed by atoms with Crippen LogP contribution < -0.4 is 5.32 Å². The Morgan fingerprint density at radius 1 is 1.28 bits per heavy atom. The summed E-state index contributed by atoms with van der Waals surface area (Å²) in [5.74, 6) is 0. The van der Waals surface area contributed by atoms with Crippen molar-refractivity contribution in [3.05, 3.63) is 34.9 Å². The SMILES string of the molecule is CC[C@@H](c1cccc(Cl)c1)N1CCNCC1.Cl.Cl. The molecule has 2 rings (SSSR count). The lowest BCUT2D eigenvalue weighted by molar-refractivity contribution is 0.169. The first-order valence-electron chi connectivity index (χ1n) is 6.01. The van der Waals surface area contributed by atoms with Crippen molar-refractivity contribution in [2.45, 2.75) is 19.4 Å². The van der Waals surface area contributed by atoms with Gasteiger partial charge in [0.25, 0.3) is 0 Å². The molecule has 0 radical (unpaired) electrons. The van der Waals surface area contributed by atoms with Gasteiger partial charge in [0.05, 0.1) is 0 Å².